The Morgan fingerprint density at radius 2 is 2.06 bits per heavy atom. The summed E-state index contributed by atoms with van der Waals surface area (Å²) in [6, 6.07) is 0.452. The quantitative estimate of drug-likeness (QED) is 0.826. The second-order valence-electron chi connectivity index (χ2n) is 5.41. The lowest BCUT2D eigenvalue weighted by atomic mass is 10.0. The van der Waals surface area contributed by atoms with Gasteiger partial charge in [0.05, 0.1) is 0 Å². The van der Waals surface area contributed by atoms with E-state index in [-0.39, 0.29) is 12.4 Å². The van der Waals surface area contributed by atoms with Crippen LogP contribution >= 0.6 is 12.4 Å². The van der Waals surface area contributed by atoms with Crippen LogP contribution in [0.1, 0.15) is 45.4 Å². The van der Waals surface area contributed by atoms with E-state index in [1.54, 1.807) is 0 Å². The van der Waals surface area contributed by atoms with Crippen molar-refractivity contribution in [2.45, 2.75) is 51.5 Å². The van der Waals surface area contributed by atoms with Gasteiger partial charge in [-0.15, -0.1) is 12.4 Å². The molecule has 2 saturated heterocycles. The SMILES string of the molecule is CC1CCCN(C(=O)CC2CCCN2)CC1.Cl. The number of carbonyl (C=O) groups is 1. The third kappa shape index (κ3) is 4.47. The van der Waals surface area contributed by atoms with Crippen molar-refractivity contribution in [3.63, 3.8) is 0 Å². The van der Waals surface area contributed by atoms with Crippen molar-refractivity contribution in [2.24, 2.45) is 5.92 Å². The Balaban J connectivity index is 0.00000144. The predicted octanol–water partition coefficient (Wildman–Crippen LogP) is 2.20. The van der Waals surface area contributed by atoms with Crippen molar-refractivity contribution in [1.29, 1.82) is 0 Å². The molecule has 0 aromatic rings. The minimum Gasteiger partial charge on any atom is -0.343 e. The van der Waals surface area contributed by atoms with Gasteiger partial charge in [0.1, 0.15) is 0 Å². The molecule has 0 spiro atoms. The molecule has 17 heavy (non-hydrogen) atoms. The van der Waals surface area contributed by atoms with Crippen LogP contribution < -0.4 is 5.32 Å². The Labute approximate surface area is 111 Å². The normalized spacial score (nSPS) is 29.6. The lowest BCUT2D eigenvalue weighted by molar-refractivity contribution is -0.131. The highest BCUT2D eigenvalue weighted by Crippen LogP contribution is 2.18. The number of hydrogen-bond acceptors (Lipinski definition) is 2. The van der Waals surface area contributed by atoms with Gasteiger partial charge < -0.3 is 10.2 Å². The molecule has 1 amide bonds. The number of halogens is 1. The number of nitrogens with zero attached hydrogens (tertiary/aromatic N) is 1. The standard InChI is InChI=1S/C13H24N2O.ClH/c1-11-4-3-8-15(9-6-11)13(16)10-12-5-2-7-14-12;/h11-12,14H,2-10H2,1H3;1H. The summed E-state index contributed by atoms with van der Waals surface area (Å²) in [4.78, 5) is 14.2. The zero-order valence-corrected chi connectivity index (χ0v) is 11.6. The molecule has 0 saturated carbocycles. The van der Waals surface area contributed by atoms with Gasteiger partial charge in [-0.1, -0.05) is 6.92 Å². The zero-order valence-electron chi connectivity index (χ0n) is 10.8. The molecule has 100 valence electrons. The highest BCUT2D eigenvalue weighted by Gasteiger charge is 2.23. The maximum absolute atomic E-state index is 12.1. The highest BCUT2D eigenvalue weighted by atomic mass is 35.5. The van der Waals surface area contributed by atoms with E-state index in [2.05, 4.69) is 17.1 Å². The van der Waals surface area contributed by atoms with E-state index in [0.29, 0.717) is 18.4 Å². The first-order valence-corrected chi connectivity index (χ1v) is 6.77. The molecule has 2 heterocycles. The molecule has 0 bridgehead atoms. The fraction of sp³-hybridized carbons (Fsp3) is 0.923. The number of rotatable bonds is 2. The van der Waals surface area contributed by atoms with Crippen LogP contribution in [0.4, 0.5) is 0 Å². The van der Waals surface area contributed by atoms with E-state index in [1.807, 2.05) is 0 Å². The number of likely N-dealkylation sites (tertiary alicyclic amines) is 1. The van der Waals surface area contributed by atoms with Gasteiger partial charge in [-0.25, -0.2) is 0 Å². The first-order valence-electron chi connectivity index (χ1n) is 6.77. The van der Waals surface area contributed by atoms with Crippen molar-refractivity contribution in [1.82, 2.24) is 10.2 Å². The Morgan fingerprint density at radius 3 is 2.76 bits per heavy atom. The first kappa shape index (κ1) is 14.8. The van der Waals surface area contributed by atoms with Crippen LogP contribution in [0.5, 0.6) is 0 Å². The van der Waals surface area contributed by atoms with E-state index in [0.717, 1.165) is 25.6 Å². The largest absolute Gasteiger partial charge is 0.343 e. The molecule has 3 nitrogen and oxygen atoms in total. The van der Waals surface area contributed by atoms with Crippen molar-refractivity contribution in [3.8, 4) is 0 Å². The number of carbonyl (C=O) groups excluding carboxylic acids is 1. The number of amides is 1. The summed E-state index contributed by atoms with van der Waals surface area (Å²) in [5.74, 6) is 1.16. The number of hydrogen-bond donors (Lipinski definition) is 1. The summed E-state index contributed by atoms with van der Waals surface area (Å²) in [6.07, 6.45) is 6.78. The van der Waals surface area contributed by atoms with Crippen LogP contribution in [0.3, 0.4) is 0 Å². The molecule has 0 aliphatic carbocycles. The second kappa shape index (κ2) is 7.22. The average molecular weight is 261 g/mol. The summed E-state index contributed by atoms with van der Waals surface area (Å²) in [7, 11) is 0. The summed E-state index contributed by atoms with van der Waals surface area (Å²) < 4.78 is 0. The fourth-order valence-electron chi connectivity index (χ4n) is 2.78. The molecule has 2 rings (SSSR count). The average Bonchev–Trinajstić information content (AvgIpc) is 2.66. The van der Waals surface area contributed by atoms with Crippen LogP contribution in [0.2, 0.25) is 0 Å². The lowest BCUT2D eigenvalue weighted by Gasteiger charge is -2.22. The molecule has 0 radical (unpaired) electrons. The van der Waals surface area contributed by atoms with Crippen molar-refractivity contribution < 1.29 is 4.79 Å². The van der Waals surface area contributed by atoms with E-state index in [9.17, 15) is 4.79 Å². The maximum Gasteiger partial charge on any atom is 0.224 e. The van der Waals surface area contributed by atoms with Crippen molar-refractivity contribution >= 4 is 18.3 Å². The van der Waals surface area contributed by atoms with Gasteiger partial charge >= 0.3 is 0 Å². The Kier molecular flexibility index (Phi) is 6.28. The van der Waals surface area contributed by atoms with Crippen LogP contribution in [0.15, 0.2) is 0 Å². The molecule has 1 N–H and O–H groups in total. The van der Waals surface area contributed by atoms with Gasteiger partial charge in [0, 0.05) is 25.6 Å². The van der Waals surface area contributed by atoms with Crippen molar-refractivity contribution in [3.05, 3.63) is 0 Å². The van der Waals surface area contributed by atoms with E-state index in [1.165, 1.54) is 32.1 Å². The third-order valence-electron chi connectivity index (χ3n) is 3.95. The molecule has 0 aromatic heterocycles. The predicted molar refractivity (Wildman–Crippen MR) is 72.5 cm³/mol. The van der Waals surface area contributed by atoms with E-state index >= 15 is 0 Å². The van der Waals surface area contributed by atoms with Gasteiger partial charge in [0.2, 0.25) is 5.91 Å². The molecule has 4 heteroatoms. The molecule has 2 aliphatic heterocycles. The molecule has 2 atom stereocenters. The zero-order chi connectivity index (χ0) is 11.4. The molecule has 2 aliphatic rings. The summed E-state index contributed by atoms with van der Waals surface area (Å²) in [5.41, 5.74) is 0. The van der Waals surface area contributed by atoms with Gasteiger partial charge in [0.15, 0.2) is 0 Å². The maximum atomic E-state index is 12.1. The Hall–Kier alpha value is -0.280. The smallest absolute Gasteiger partial charge is 0.224 e. The summed E-state index contributed by atoms with van der Waals surface area (Å²) >= 11 is 0. The molecule has 0 aromatic carbocycles. The molecule has 2 fully saturated rings. The topological polar surface area (TPSA) is 32.3 Å². The van der Waals surface area contributed by atoms with Gasteiger partial charge in [-0.05, 0) is 44.6 Å². The van der Waals surface area contributed by atoms with Gasteiger partial charge in [0.25, 0.3) is 0 Å². The fourth-order valence-corrected chi connectivity index (χ4v) is 2.78. The number of nitrogens with one attached hydrogen (secondary N) is 1. The van der Waals surface area contributed by atoms with Crippen LogP contribution in [0, 0.1) is 5.92 Å². The van der Waals surface area contributed by atoms with Crippen LogP contribution in [-0.4, -0.2) is 36.5 Å². The van der Waals surface area contributed by atoms with Crippen LogP contribution in [0.25, 0.3) is 0 Å². The lowest BCUT2D eigenvalue weighted by Crippen LogP contribution is -2.36. The highest BCUT2D eigenvalue weighted by molar-refractivity contribution is 5.85. The molecular formula is C13H25ClN2O. The van der Waals surface area contributed by atoms with E-state index < -0.39 is 0 Å². The Morgan fingerprint density at radius 1 is 1.24 bits per heavy atom. The summed E-state index contributed by atoms with van der Waals surface area (Å²) in [5, 5.41) is 3.40. The van der Waals surface area contributed by atoms with Gasteiger partial charge in [-0.2, -0.15) is 0 Å². The minimum atomic E-state index is 0. The van der Waals surface area contributed by atoms with Crippen LogP contribution in [-0.2, 0) is 4.79 Å². The minimum absolute atomic E-state index is 0. The van der Waals surface area contributed by atoms with E-state index in [4.69, 9.17) is 0 Å². The second-order valence-corrected chi connectivity index (χ2v) is 5.41. The molecule has 2 unspecified atom stereocenters. The van der Waals surface area contributed by atoms with Gasteiger partial charge in [-0.3, -0.25) is 4.79 Å². The van der Waals surface area contributed by atoms with Crippen molar-refractivity contribution in [2.75, 3.05) is 19.6 Å². The summed E-state index contributed by atoms with van der Waals surface area (Å²) in [6.45, 7) is 5.35. The third-order valence-corrected chi connectivity index (χ3v) is 3.95. The molecular weight excluding hydrogens is 236 g/mol. The Bertz CT molecular complexity index is 242. The first-order chi connectivity index (χ1) is 7.75. The monoisotopic (exact) mass is 260 g/mol.